The maximum atomic E-state index is 13.3. The van der Waals surface area contributed by atoms with Crippen molar-refractivity contribution in [2.45, 2.75) is 56.6 Å². The number of fused-ring (bicyclic) bond motifs is 2. The van der Waals surface area contributed by atoms with Gasteiger partial charge in [0.25, 0.3) is 0 Å². The van der Waals surface area contributed by atoms with E-state index in [9.17, 15) is 18.0 Å². The highest BCUT2D eigenvalue weighted by Gasteiger charge is 2.47. The third kappa shape index (κ3) is 5.26. The largest absolute Gasteiger partial charge is 0.444 e. The van der Waals surface area contributed by atoms with Gasteiger partial charge in [-0.2, -0.15) is 4.31 Å². The molecule has 2 atom stereocenters. The SMILES string of the molecule is CC(C)(C)OC(=O)N1CCC2CN(S(=O)(=O)c3ccc(CCC(=O)c4ccc5nccn5c4)cc3)CC21. The maximum absolute atomic E-state index is 13.3. The second-order valence-corrected chi connectivity index (χ2v) is 12.7. The van der Waals surface area contributed by atoms with Crippen LogP contribution < -0.4 is 0 Å². The van der Waals surface area contributed by atoms with Gasteiger partial charge in [-0.25, -0.2) is 18.2 Å². The molecule has 9 nitrogen and oxygen atoms in total. The molecule has 5 rings (SSSR count). The van der Waals surface area contributed by atoms with Gasteiger partial charge in [0, 0.05) is 50.2 Å². The van der Waals surface area contributed by atoms with Gasteiger partial charge < -0.3 is 14.0 Å². The summed E-state index contributed by atoms with van der Waals surface area (Å²) >= 11 is 0. The zero-order valence-corrected chi connectivity index (χ0v) is 22.1. The van der Waals surface area contributed by atoms with Crippen LogP contribution in [0.5, 0.6) is 0 Å². The molecule has 1 amide bonds. The van der Waals surface area contributed by atoms with E-state index in [4.69, 9.17) is 4.74 Å². The fraction of sp³-hybridized carbons (Fsp3) is 0.444. The Kier molecular flexibility index (Phi) is 6.57. The van der Waals surface area contributed by atoms with Crippen molar-refractivity contribution in [2.75, 3.05) is 19.6 Å². The second-order valence-electron chi connectivity index (χ2n) is 10.8. The van der Waals surface area contributed by atoms with E-state index in [0.29, 0.717) is 31.5 Å². The average molecular weight is 525 g/mol. The first-order valence-electron chi connectivity index (χ1n) is 12.6. The van der Waals surface area contributed by atoms with Crippen LogP contribution in [0, 0.1) is 5.92 Å². The molecule has 196 valence electrons. The minimum atomic E-state index is -3.69. The number of hydrogen-bond donors (Lipinski definition) is 0. The number of hydrogen-bond acceptors (Lipinski definition) is 6. The average Bonchev–Trinajstić information content (AvgIpc) is 3.57. The van der Waals surface area contributed by atoms with E-state index in [1.165, 1.54) is 4.31 Å². The summed E-state index contributed by atoms with van der Waals surface area (Å²) in [6, 6.07) is 10.2. The number of ketones is 1. The Labute approximate surface area is 217 Å². The minimum absolute atomic E-state index is 0.0189. The molecular formula is C27H32N4O5S. The zero-order chi connectivity index (χ0) is 26.4. The van der Waals surface area contributed by atoms with Crippen molar-refractivity contribution in [2.24, 2.45) is 5.92 Å². The number of imidazole rings is 1. The molecule has 2 unspecified atom stereocenters. The molecule has 0 aliphatic carbocycles. The third-order valence-electron chi connectivity index (χ3n) is 7.05. The fourth-order valence-electron chi connectivity index (χ4n) is 5.13. The normalized spacial score (nSPS) is 20.4. The van der Waals surface area contributed by atoms with Gasteiger partial charge in [-0.15, -0.1) is 0 Å². The molecule has 3 aromatic rings. The number of carbonyl (C=O) groups excluding carboxylic acids is 2. The fourth-order valence-corrected chi connectivity index (χ4v) is 6.65. The van der Waals surface area contributed by atoms with Crippen LogP contribution in [0.4, 0.5) is 4.79 Å². The van der Waals surface area contributed by atoms with E-state index in [0.717, 1.165) is 17.6 Å². The lowest BCUT2D eigenvalue weighted by Crippen LogP contribution is -2.43. The molecule has 0 spiro atoms. The van der Waals surface area contributed by atoms with E-state index in [1.807, 2.05) is 31.2 Å². The van der Waals surface area contributed by atoms with Gasteiger partial charge in [0.1, 0.15) is 11.2 Å². The number of likely N-dealkylation sites (tertiary alicyclic amines) is 1. The zero-order valence-electron chi connectivity index (χ0n) is 21.3. The number of carbonyl (C=O) groups is 2. The number of aryl methyl sites for hydroxylation is 1. The van der Waals surface area contributed by atoms with E-state index >= 15 is 0 Å². The molecule has 2 aromatic heterocycles. The highest BCUT2D eigenvalue weighted by Crippen LogP contribution is 2.35. The predicted molar refractivity (Wildman–Crippen MR) is 138 cm³/mol. The van der Waals surface area contributed by atoms with Crippen LogP contribution in [0.1, 0.15) is 49.5 Å². The van der Waals surface area contributed by atoms with Gasteiger partial charge in [-0.05, 0) is 69.4 Å². The molecule has 2 aliphatic rings. The molecule has 4 heterocycles. The summed E-state index contributed by atoms with van der Waals surface area (Å²) < 4.78 is 35.5. The number of pyridine rings is 1. The summed E-state index contributed by atoms with van der Waals surface area (Å²) in [5, 5.41) is 0. The van der Waals surface area contributed by atoms with Crippen molar-refractivity contribution >= 4 is 27.5 Å². The first-order chi connectivity index (χ1) is 17.5. The number of amides is 1. The van der Waals surface area contributed by atoms with Crippen molar-refractivity contribution < 1.29 is 22.7 Å². The van der Waals surface area contributed by atoms with Crippen LogP contribution in [-0.4, -0.2) is 70.2 Å². The first-order valence-corrected chi connectivity index (χ1v) is 14.0. The van der Waals surface area contributed by atoms with Crippen LogP contribution >= 0.6 is 0 Å². The Morgan fingerprint density at radius 3 is 2.57 bits per heavy atom. The predicted octanol–water partition coefficient (Wildman–Crippen LogP) is 3.78. The Hall–Kier alpha value is -3.24. The first kappa shape index (κ1) is 25.4. The summed E-state index contributed by atoms with van der Waals surface area (Å²) in [6.07, 6.45) is 6.47. The van der Waals surface area contributed by atoms with Gasteiger partial charge >= 0.3 is 6.09 Å². The van der Waals surface area contributed by atoms with Gasteiger partial charge in [0.2, 0.25) is 10.0 Å². The second kappa shape index (κ2) is 9.57. The molecule has 2 saturated heterocycles. The van der Waals surface area contributed by atoms with E-state index in [2.05, 4.69) is 4.98 Å². The minimum Gasteiger partial charge on any atom is -0.444 e. The summed E-state index contributed by atoms with van der Waals surface area (Å²) in [6.45, 7) is 6.71. The monoisotopic (exact) mass is 524 g/mol. The molecule has 2 aliphatic heterocycles. The smallest absolute Gasteiger partial charge is 0.410 e. The van der Waals surface area contributed by atoms with Crippen molar-refractivity contribution in [3.8, 4) is 0 Å². The Bertz CT molecular complexity index is 1420. The van der Waals surface area contributed by atoms with Crippen molar-refractivity contribution in [3.63, 3.8) is 0 Å². The van der Waals surface area contributed by atoms with Crippen molar-refractivity contribution in [3.05, 3.63) is 66.1 Å². The van der Waals surface area contributed by atoms with E-state index < -0.39 is 15.6 Å². The molecule has 2 fully saturated rings. The maximum Gasteiger partial charge on any atom is 0.410 e. The van der Waals surface area contributed by atoms with Gasteiger partial charge in [0.15, 0.2) is 5.78 Å². The van der Waals surface area contributed by atoms with Crippen LogP contribution in [0.2, 0.25) is 0 Å². The highest BCUT2D eigenvalue weighted by molar-refractivity contribution is 7.89. The molecule has 0 radical (unpaired) electrons. The van der Waals surface area contributed by atoms with E-state index in [-0.39, 0.29) is 35.3 Å². The lowest BCUT2D eigenvalue weighted by atomic mass is 10.0. The lowest BCUT2D eigenvalue weighted by molar-refractivity contribution is 0.0223. The summed E-state index contributed by atoms with van der Waals surface area (Å²) in [7, 11) is -3.69. The van der Waals surface area contributed by atoms with Gasteiger partial charge in [-0.3, -0.25) is 4.79 Å². The van der Waals surface area contributed by atoms with E-state index in [1.54, 1.807) is 53.8 Å². The standard InChI is InChI=1S/C27H32N4O5S/c1-27(2,3)36-26(33)31-14-12-20-17-30(18-23(20)31)37(34,35)22-8-4-19(5-9-22)6-10-24(32)21-7-11-25-28-13-15-29(25)16-21/h4-5,7-9,11,13,15-16,20,23H,6,10,12,14,17-18H2,1-3H3. The molecule has 37 heavy (non-hydrogen) atoms. The Balaban J connectivity index is 1.20. The topological polar surface area (TPSA) is 101 Å². The quantitative estimate of drug-likeness (QED) is 0.455. The van der Waals surface area contributed by atoms with Crippen LogP contribution in [0.25, 0.3) is 5.65 Å². The lowest BCUT2D eigenvalue weighted by Gasteiger charge is -2.28. The number of benzene rings is 1. The molecule has 0 bridgehead atoms. The number of rotatable bonds is 6. The van der Waals surface area contributed by atoms with Gasteiger partial charge in [-0.1, -0.05) is 12.1 Å². The van der Waals surface area contributed by atoms with Gasteiger partial charge in [0.05, 0.1) is 10.9 Å². The molecular weight excluding hydrogens is 492 g/mol. The third-order valence-corrected chi connectivity index (χ3v) is 8.90. The van der Waals surface area contributed by atoms with Crippen LogP contribution in [-0.2, 0) is 21.2 Å². The number of sulfonamides is 1. The summed E-state index contributed by atoms with van der Waals surface area (Å²) in [5.41, 5.74) is 1.70. The van der Waals surface area contributed by atoms with Crippen LogP contribution in [0.3, 0.4) is 0 Å². The van der Waals surface area contributed by atoms with Crippen molar-refractivity contribution in [1.29, 1.82) is 0 Å². The molecule has 10 heteroatoms. The number of nitrogens with zero attached hydrogens (tertiary/aromatic N) is 4. The summed E-state index contributed by atoms with van der Waals surface area (Å²) in [4.78, 5) is 31.4. The Morgan fingerprint density at radius 1 is 1.08 bits per heavy atom. The van der Waals surface area contributed by atoms with Crippen LogP contribution in [0.15, 0.2) is 59.9 Å². The number of aromatic nitrogens is 2. The van der Waals surface area contributed by atoms with Crippen molar-refractivity contribution in [1.82, 2.24) is 18.6 Å². The summed E-state index contributed by atoms with van der Waals surface area (Å²) in [5.74, 6) is 0.125. The number of ether oxygens (including phenoxy) is 1. The molecule has 1 aromatic carbocycles. The molecule has 0 saturated carbocycles. The highest BCUT2D eigenvalue weighted by atomic mass is 32.2. The Morgan fingerprint density at radius 2 is 1.84 bits per heavy atom. The molecule has 0 N–H and O–H groups in total. The number of Topliss-reactive ketones (excluding diaryl/α,β-unsaturated/α-hetero) is 1.